The van der Waals surface area contributed by atoms with Crippen LogP contribution in [0.25, 0.3) is 5.65 Å². The van der Waals surface area contributed by atoms with Gasteiger partial charge < -0.3 is 5.32 Å². The van der Waals surface area contributed by atoms with Gasteiger partial charge in [-0.15, -0.1) is 21.5 Å². The van der Waals surface area contributed by atoms with Crippen LogP contribution in [0.2, 0.25) is 0 Å². The van der Waals surface area contributed by atoms with E-state index in [0.717, 1.165) is 29.0 Å². The smallest absolute Gasteiger partial charge is 0.200 e. The zero-order valence-electron chi connectivity index (χ0n) is 11.8. The van der Waals surface area contributed by atoms with Gasteiger partial charge in [-0.05, 0) is 37.3 Å². The fourth-order valence-electron chi connectivity index (χ4n) is 2.26. The molecule has 0 aromatic carbocycles. The lowest BCUT2D eigenvalue weighted by Gasteiger charge is -2.19. The molecule has 6 heteroatoms. The highest BCUT2D eigenvalue weighted by Crippen LogP contribution is 2.30. The first-order valence-corrected chi connectivity index (χ1v) is 7.55. The fourth-order valence-corrected chi connectivity index (χ4v) is 3.13. The van der Waals surface area contributed by atoms with Crippen molar-refractivity contribution in [3.63, 3.8) is 0 Å². The molecule has 5 nitrogen and oxygen atoms in total. The third-order valence-electron chi connectivity index (χ3n) is 3.54. The molecule has 0 saturated carbocycles. The van der Waals surface area contributed by atoms with Crippen LogP contribution in [0.1, 0.15) is 35.5 Å². The largest absolute Gasteiger partial charge is 0.374 e. The van der Waals surface area contributed by atoms with Crippen molar-refractivity contribution in [2.45, 2.75) is 33.2 Å². The van der Waals surface area contributed by atoms with E-state index in [1.807, 2.05) is 6.92 Å². The molecule has 104 valence electrons. The summed E-state index contributed by atoms with van der Waals surface area (Å²) in [6.07, 6.45) is 2.65. The Morgan fingerprint density at radius 2 is 2.25 bits per heavy atom. The van der Waals surface area contributed by atoms with Crippen LogP contribution in [-0.2, 0) is 0 Å². The van der Waals surface area contributed by atoms with Crippen LogP contribution in [0, 0.1) is 13.8 Å². The van der Waals surface area contributed by atoms with E-state index >= 15 is 0 Å². The molecule has 1 N–H and O–H groups in total. The minimum atomic E-state index is 0.288. The van der Waals surface area contributed by atoms with Gasteiger partial charge in [0, 0.05) is 4.88 Å². The maximum Gasteiger partial charge on any atom is 0.200 e. The maximum absolute atomic E-state index is 4.45. The first-order chi connectivity index (χ1) is 9.70. The van der Waals surface area contributed by atoms with E-state index < -0.39 is 0 Å². The molecule has 0 radical (unpaired) electrons. The van der Waals surface area contributed by atoms with Gasteiger partial charge in [-0.3, -0.25) is 0 Å². The molecule has 0 amide bonds. The van der Waals surface area contributed by atoms with E-state index in [2.05, 4.69) is 52.0 Å². The summed E-state index contributed by atoms with van der Waals surface area (Å²) in [7, 11) is 0. The van der Waals surface area contributed by atoms with E-state index in [4.69, 9.17) is 0 Å². The molecule has 3 rings (SSSR count). The average molecular weight is 287 g/mol. The number of hydrogen-bond acceptors (Lipinski definition) is 5. The Kier molecular flexibility index (Phi) is 3.40. The molecule has 3 aromatic rings. The molecule has 3 aromatic heterocycles. The van der Waals surface area contributed by atoms with E-state index in [9.17, 15) is 0 Å². The standard InChI is InChI=1S/C14H17N5S/c1-4-11(12-6-5-7-20-12)16-13-9(2)10(3)18-19-8-15-17-14(13)19/h5-8,11,16H,4H2,1-3H3. The molecule has 3 heterocycles. The predicted octanol–water partition coefficient (Wildman–Crippen LogP) is 3.37. The molecule has 1 atom stereocenters. The normalized spacial score (nSPS) is 12.8. The van der Waals surface area contributed by atoms with E-state index in [1.165, 1.54) is 4.88 Å². The van der Waals surface area contributed by atoms with Crippen molar-refractivity contribution in [2.75, 3.05) is 5.32 Å². The van der Waals surface area contributed by atoms with Gasteiger partial charge in [0.2, 0.25) is 5.65 Å². The molecular formula is C14H17N5S. The molecule has 0 bridgehead atoms. The third-order valence-corrected chi connectivity index (χ3v) is 4.53. The maximum atomic E-state index is 4.45. The molecule has 0 aliphatic rings. The van der Waals surface area contributed by atoms with Crippen molar-refractivity contribution in [1.29, 1.82) is 0 Å². The summed E-state index contributed by atoms with van der Waals surface area (Å²) < 4.78 is 1.73. The topological polar surface area (TPSA) is 55.1 Å². The van der Waals surface area contributed by atoms with Gasteiger partial charge in [0.25, 0.3) is 0 Å². The number of fused-ring (bicyclic) bond motifs is 1. The van der Waals surface area contributed by atoms with Crippen LogP contribution in [0.4, 0.5) is 5.69 Å². The summed E-state index contributed by atoms with van der Waals surface area (Å²) in [4.78, 5) is 1.33. The highest BCUT2D eigenvalue weighted by molar-refractivity contribution is 7.10. The van der Waals surface area contributed by atoms with Gasteiger partial charge in [-0.2, -0.15) is 9.61 Å². The number of anilines is 1. The summed E-state index contributed by atoms with van der Waals surface area (Å²) >= 11 is 1.77. The summed E-state index contributed by atoms with van der Waals surface area (Å²) in [6, 6.07) is 4.54. The van der Waals surface area contributed by atoms with Crippen molar-refractivity contribution >= 4 is 22.7 Å². The lowest BCUT2D eigenvalue weighted by Crippen LogP contribution is -2.12. The zero-order valence-corrected chi connectivity index (χ0v) is 12.6. The van der Waals surface area contributed by atoms with Gasteiger partial charge in [-0.1, -0.05) is 13.0 Å². The number of nitrogens with one attached hydrogen (secondary N) is 1. The second-order valence-electron chi connectivity index (χ2n) is 4.81. The quantitative estimate of drug-likeness (QED) is 0.799. The lowest BCUT2D eigenvalue weighted by molar-refractivity contribution is 0.759. The Balaban J connectivity index is 2.05. The molecule has 1 unspecified atom stereocenters. The van der Waals surface area contributed by atoms with Crippen molar-refractivity contribution in [3.05, 3.63) is 40.0 Å². The highest BCUT2D eigenvalue weighted by Gasteiger charge is 2.16. The first kappa shape index (κ1) is 13.1. The summed E-state index contributed by atoms with van der Waals surface area (Å²) in [5.41, 5.74) is 3.92. The van der Waals surface area contributed by atoms with E-state index in [-0.39, 0.29) is 6.04 Å². The molecule has 0 fully saturated rings. The molecule has 0 aliphatic carbocycles. The second kappa shape index (κ2) is 5.20. The van der Waals surface area contributed by atoms with Crippen LogP contribution >= 0.6 is 11.3 Å². The molecule has 0 aliphatic heterocycles. The molecule has 0 saturated heterocycles. The van der Waals surface area contributed by atoms with Gasteiger partial charge in [-0.25, -0.2) is 0 Å². The Hall–Kier alpha value is -1.95. The van der Waals surface area contributed by atoms with Crippen molar-refractivity contribution < 1.29 is 0 Å². The molecular weight excluding hydrogens is 270 g/mol. The Morgan fingerprint density at radius 3 is 2.95 bits per heavy atom. The van der Waals surface area contributed by atoms with Crippen molar-refractivity contribution in [2.24, 2.45) is 0 Å². The predicted molar refractivity (Wildman–Crippen MR) is 81.2 cm³/mol. The lowest BCUT2D eigenvalue weighted by atomic mass is 10.1. The summed E-state index contributed by atoms with van der Waals surface area (Å²) in [5, 5.41) is 18.3. The Labute approximate surface area is 121 Å². The first-order valence-electron chi connectivity index (χ1n) is 6.68. The van der Waals surface area contributed by atoms with Crippen LogP contribution in [-0.4, -0.2) is 19.8 Å². The van der Waals surface area contributed by atoms with Gasteiger partial charge >= 0.3 is 0 Å². The SMILES string of the molecule is CCC(Nc1c(C)c(C)nn2cnnc12)c1cccs1. The Morgan fingerprint density at radius 1 is 1.40 bits per heavy atom. The van der Waals surface area contributed by atoms with Crippen LogP contribution in [0.15, 0.2) is 23.8 Å². The number of rotatable bonds is 4. The number of aryl methyl sites for hydroxylation is 1. The van der Waals surface area contributed by atoms with Gasteiger partial charge in [0.1, 0.15) is 6.33 Å². The zero-order chi connectivity index (χ0) is 14.1. The van der Waals surface area contributed by atoms with Crippen LogP contribution in [0.5, 0.6) is 0 Å². The highest BCUT2D eigenvalue weighted by atomic mass is 32.1. The third kappa shape index (κ3) is 2.16. The van der Waals surface area contributed by atoms with Crippen molar-refractivity contribution in [1.82, 2.24) is 19.8 Å². The van der Waals surface area contributed by atoms with Gasteiger partial charge in [0.15, 0.2) is 0 Å². The van der Waals surface area contributed by atoms with E-state index in [0.29, 0.717) is 0 Å². The average Bonchev–Trinajstić information content (AvgIpc) is 3.10. The second-order valence-corrected chi connectivity index (χ2v) is 5.78. The van der Waals surface area contributed by atoms with Crippen molar-refractivity contribution in [3.8, 4) is 0 Å². The number of aromatic nitrogens is 4. The van der Waals surface area contributed by atoms with Crippen LogP contribution in [0.3, 0.4) is 0 Å². The molecule has 20 heavy (non-hydrogen) atoms. The Bertz CT molecular complexity index is 717. The van der Waals surface area contributed by atoms with Crippen LogP contribution < -0.4 is 5.32 Å². The number of nitrogens with zero attached hydrogens (tertiary/aromatic N) is 4. The fraction of sp³-hybridized carbons (Fsp3) is 0.357. The minimum absolute atomic E-state index is 0.288. The summed E-state index contributed by atoms with van der Waals surface area (Å²) in [6.45, 7) is 6.26. The summed E-state index contributed by atoms with van der Waals surface area (Å²) in [5.74, 6) is 0. The van der Waals surface area contributed by atoms with E-state index in [1.54, 1.807) is 22.2 Å². The monoisotopic (exact) mass is 287 g/mol. The molecule has 0 spiro atoms. The minimum Gasteiger partial charge on any atom is -0.374 e. The number of hydrogen-bond donors (Lipinski definition) is 1. The number of thiophene rings is 1. The van der Waals surface area contributed by atoms with Gasteiger partial charge in [0.05, 0.1) is 17.4 Å².